The number of aromatic nitrogens is 2. The zero-order valence-electron chi connectivity index (χ0n) is 14.0. The number of aromatic hydroxyl groups is 1. The van der Waals surface area contributed by atoms with Crippen LogP contribution in [0.2, 0.25) is 5.02 Å². The molecule has 1 saturated carbocycles. The molecule has 0 spiro atoms. The third-order valence-corrected chi connectivity index (χ3v) is 5.02. The second-order valence-electron chi connectivity index (χ2n) is 6.95. The molecular weight excluding hydrogens is 357 g/mol. The maximum absolute atomic E-state index is 14.0. The second kappa shape index (κ2) is 6.07. The summed E-state index contributed by atoms with van der Waals surface area (Å²) in [5.74, 6) is -0.833. The van der Waals surface area contributed by atoms with E-state index in [9.17, 15) is 14.6 Å². The lowest BCUT2D eigenvalue weighted by Crippen LogP contribution is -2.48. The van der Waals surface area contributed by atoms with Crippen molar-refractivity contribution < 1.29 is 14.6 Å². The summed E-state index contributed by atoms with van der Waals surface area (Å²) in [6.07, 6.45) is 1.27. The number of phenols is 1. The van der Waals surface area contributed by atoms with Crippen molar-refractivity contribution in [1.82, 2.24) is 10.2 Å². The average molecular weight is 374 g/mol. The molecule has 1 aliphatic rings. The monoisotopic (exact) mass is 373 g/mol. The number of fused-ring (bicyclic) bond motifs is 1. The maximum atomic E-state index is 14.0. The van der Waals surface area contributed by atoms with Crippen molar-refractivity contribution in [2.75, 3.05) is 5.32 Å². The number of benzene rings is 2. The Morgan fingerprint density at radius 3 is 2.54 bits per heavy atom. The minimum absolute atomic E-state index is 0.120. The summed E-state index contributed by atoms with van der Waals surface area (Å²) in [6, 6.07) is 10.5. The van der Waals surface area contributed by atoms with Gasteiger partial charge < -0.3 is 15.5 Å². The molecule has 3 aromatic rings. The number of phenolic OH excluding ortho intramolecular Hbond substituents is 1. The van der Waals surface area contributed by atoms with E-state index in [1.54, 1.807) is 6.92 Å². The van der Waals surface area contributed by atoms with E-state index in [-0.39, 0.29) is 16.6 Å². The molecule has 0 unspecified atom stereocenters. The number of hydrogen-bond acceptors (Lipinski definition) is 5. The van der Waals surface area contributed by atoms with Crippen LogP contribution in [0, 0.1) is 5.82 Å². The lowest BCUT2D eigenvalue weighted by molar-refractivity contribution is -0.0235. The Bertz CT molecular complexity index is 1000. The lowest BCUT2D eigenvalue weighted by Gasteiger charge is -2.41. The average Bonchev–Trinajstić information content (AvgIpc) is 2.59. The summed E-state index contributed by atoms with van der Waals surface area (Å²) in [6.45, 7) is 1.80. The summed E-state index contributed by atoms with van der Waals surface area (Å²) < 4.78 is 14.0. The van der Waals surface area contributed by atoms with Crippen LogP contribution in [0.3, 0.4) is 0 Å². The highest BCUT2D eigenvalue weighted by Gasteiger charge is 2.38. The molecule has 1 aliphatic carbocycles. The van der Waals surface area contributed by atoms with Gasteiger partial charge in [-0.25, -0.2) is 4.39 Å². The van der Waals surface area contributed by atoms with Crippen LogP contribution in [0.1, 0.15) is 19.8 Å². The van der Waals surface area contributed by atoms with Gasteiger partial charge in [0.2, 0.25) is 0 Å². The molecule has 7 heteroatoms. The van der Waals surface area contributed by atoms with E-state index >= 15 is 0 Å². The molecule has 0 aliphatic heterocycles. The quantitative estimate of drug-likeness (QED) is 0.643. The Morgan fingerprint density at radius 1 is 1.15 bits per heavy atom. The summed E-state index contributed by atoms with van der Waals surface area (Å²) in [5, 5.41) is 33.2. The predicted molar refractivity (Wildman–Crippen MR) is 98.9 cm³/mol. The van der Waals surface area contributed by atoms with E-state index in [0.717, 1.165) is 10.8 Å². The molecule has 0 bridgehead atoms. The van der Waals surface area contributed by atoms with E-state index in [0.29, 0.717) is 24.4 Å². The van der Waals surface area contributed by atoms with Gasteiger partial charge in [0.25, 0.3) is 0 Å². The van der Waals surface area contributed by atoms with Crippen LogP contribution in [0.15, 0.2) is 36.4 Å². The molecule has 0 amide bonds. The van der Waals surface area contributed by atoms with Gasteiger partial charge in [0.05, 0.1) is 10.6 Å². The van der Waals surface area contributed by atoms with Gasteiger partial charge in [-0.15, -0.1) is 10.2 Å². The number of aliphatic hydroxyl groups is 1. The van der Waals surface area contributed by atoms with Crippen molar-refractivity contribution >= 4 is 28.2 Å². The highest BCUT2D eigenvalue weighted by molar-refractivity contribution is 6.31. The van der Waals surface area contributed by atoms with Crippen molar-refractivity contribution in [3.8, 4) is 17.0 Å². The lowest BCUT2D eigenvalue weighted by atomic mass is 9.77. The maximum Gasteiger partial charge on any atom is 0.184 e. The number of hydrogen-bond donors (Lipinski definition) is 3. The fraction of sp³-hybridized carbons (Fsp3) is 0.263. The van der Waals surface area contributed by atoms with Crippen molar-refractivity contribution in [3.05, 3.63) is 47.2 Å². The topological polar surface area (TPSA) is 78.3 Å². The Balaban J connectivity index is 1.79. The highest BCUT2D eigenvalue weighted by Crippen LogP contribution is 2.39. The molecule has 26 heavy (non-hydrogen) atoms. The standard InChI is InChI=1S/C19H17ClFN3O2/c1-19(26)8-10(9-19)22-18-12-5-3-2-4-11(12)16(23-24-18)13-6-7-14(20)15(21)17(13)25/h2-7,10,25-26H,8-9H2,1H3,(H,22,24). The number of rotatable bonds is 3. The SMILES string of the molecule is CC1(O)CC(Nc2nnc(-c3ccc(Cl)c(F)c3O)c3ccccc23)C1. The first-order valence-corrected chi connectivity index (χ1v) is 8.65. The van der Waals surface area contributed by atoms with Gasteiger partial charge in [-0.05, 0) is 31.9 Å². The van der Waals surface area contributed by atoms with Crippen molar-refractivity contribution in [1.29, 1.82) is 0 Å². The van der Waals surface area contributed by atoms with Crippen LogP contribution in [0.25, 0.3) is 22.0 Å². The van der Waals surface area contributed by atoms with Crippen LogP contribution in [-0.2, 0) is 0 Å². The molecule has 1 aromatic heterocycles. The van der Waals surface area contributed by atoms with E-state index in [1.807, 2.05) is 24.3 Å². The molecule has 0 saturated heterocycles. The number of nitrogens with one attached hydrogen (secondary N) is 1. The molecule has 2 aromatic carbocycles. The van der Waals surface area contributed by atoms with E-state index in [2.05, 4.69) is 15.5 Å². The highest BCUT2D eigenvalue weighted by atomic mass is 35.5. The number of anilines is 1. The Labute approximate surface area is 154 Å². The third kappa shape index (κ3) is 2.85. The van der Waals surface area contributed by atoms with E-state index < -0.39 is 17.2 Å². The molecule has 0 atom stereocenters. The Hall–Kier alpha value is -2.44. The fourth-order valence-corrected chi connectivity index (χ4v) is 3.59. The number of nitrogens with zero attached hydrogens (tertiary/aromatic N) is 2. The third-order valence-electron chi connectivity index (χ3n) is 4.72. The fourth-order valence-electron chi connectivity index (χ4n) is 3.44. The van der Waals surface area contributed by atoms with Crippen LogP contribution >= 0.6 is 11.6 Å². The first kappa shape index (κ1) is 17.0. The van der Waals surface area contributed by atoms with Crippen LogP contribution in [-0.4, -0.2) is 32.1 Å². The van der Waals surface area contributed by atoms with Crippen LogP contribution in [0.4, 0.5) is 10.2 Å². The van der Waals surface area contributed by atoms with Gasteiger partial charge >= 0.3 is 0 Å². The van der Waals surface area contributed by atoms with Gasteiger partial charge in [-0.3, -0.25) is 0 Å². The summed E-state index contributed by atoms with van der Waals surface area (Å²) in [5.41, 5.74) is -0.0402. The first-order valence-electron chi connectivity index (χ1n) is 8.27. The Kier molecular flexibility index (Phi) is 3.97. The largest absolute Gasteiger partial charge is 0.504 e. The van der Waals surface area contributed by atoms with Gasteiger partial charge in [0, 0.05) is 22.4 Å². The van der Waals surface area contributed by atoms with Gasteiger partial charge in [0.15, 0.2) is 17.4 Å². The zero-order chi connectivity index (χ0) is 18.5. The first-order chi connectivity index (χ1) is 12.4. The normalized spacial score (nSPS) is 22.2. The summed E-state index contributed by atoms with van der Waals surface area (Å²) in [7, 11) is 0. The number of halogens is 2. The molecule has 4 rings (SSSR count). The van der Waals surface area contributed by atoms with Gasteiger partial charge in [-0.2, -0.15) is 0 Å². The second-order valence-corrected chi connectivity index (χ2v) is 7.35. The van der Waals surface area contributed by atoms with Crippen molar-refractivity contribution in [3.63, 3.8) is 0 Å². The molecule has 134 valence electrons. The van der Waals surface area contributed by atoms with E-state index in [1.165, 1.54) is 12.1 Å². The smallest absolute Gasteiger partial charge is 0.184 e. The summed E-state index contributed by atoms with van der Waals surface area (Å²) >= 11 is 5.72. The summed E-state index contributed by atoms with van der Waals surface area (Å²) in [4.78, 5) is 0. The van der Waals surface area contributed by atoms with Crippen molar-refractivity contribution in [2.45, 2.75) is 31.4 Å². The molecular formula is C19H17ClFN3O2. The minimum Gasteiger partial charge on any atom is -0.504 e. The molecule has 1 heterocycles. The van der Waals surface area contributed by atoms with Crippen molar-refractivity contribution in [2.24, 2.45) is 0 Å². The zero-order valence-corrected chi connectivity index (χ0v) is 14.8. The van der Waals surface area contributed by atoms with Crippen LogP contribution < -0.4 is 5.32 Å². The molecule has 1 fully saturated rings. The predicted octanol–water partition coefficient (Wildman–Crippen LogP) is 4.12. The van der Waals surface area contributed by atoms with Crippen LogP contribution in [0.5, 0.6) is 5.75 Å². The van der Waals surface area contributed by atoms with Gasteiger partial charge in [0.1, 0.15) is 5.69 Å². The van der Waals surface area contributed by atoms with E-state index in [4.69, 9.17) is 11.6 Å². The molecule has 3 N–H and O–H groups in total. The Morgan fingerprint density at radius 2 is 1.85 bits per heavy atom. The molecule has 5 nitrogen and oxygen atoms in total. The minimum atomic E-state index is -0.881. The molecule has 0 radical (unpaired) electrons. The van der Waals surface area contributed by atoms with Gasteiger partial charge in [-0.1, -0.05) is 35.9 Å².